The molecule has 0 saturated carbocycles. The van der Waals surface area contributed by atoms with Crippen molar-refractivity contribution in [2.75, 3.05) is 6.61 Å². The Morgan fingerprint density at radius 3 is 2.80 bits per heavy atom. The number of ether oxygens (including phenoxy) is 1. The monoisotopic (exact) mass is 205 g/mol. The first-order valence-electron chi connectivity index (χ1n) is 5.49. The zero-order valence-electron chi connectivity index (χ0n) is 9.79. The van der Waals surface area contributed by atoms with Crippen LogP contribution < -0.4 is 0 Å². The van der Waals surface area contributed by atoms with Gasteiger partial charge in [0.2, 0.25) is 0 Å². The van der Waals surface area contributed by atoms with E-state index < -0.39 is 0 Å². The van der Waals surface area contributed by atoms with E-state index >= 15 is 0 Å². The summed E-state index contributed by atoms with van der Waals surface area (Å²) in [5.74, 6) is 0.673. The smallest absolute Gasteiger partial charge is 0.0988 e. The highest BCUT2D eigenvalue weighted by molar-refractivity contribution is 5.37. The van der Waals surface area contributed by atoms with Crippen LogP contribution in [0.2, 0.25) is 0 Å². The summed E-state index contributed by atoms with van der Waals surface area (Å²) < 4.78 is 5.83. The number of hydrogen-bond donors (Lipinski definition) is 0. The Morgan fingerprint density at radius 2 is 2.33 bits per heavy atom. The zero-order chi connectivity index (χ0) is 11.3. The first-order chi connectivity index (χ1) is 7.06. The third-order valence-electron chi connectivity index (χ3n) is 2.60. The maximum absolute atomic E-state index is 8.70. The lowest BCUT2D eigenvalue weighted by atomic mass is 9.94. The minimum Gasteiger partial charge on any atom is -0.371 e. The largest absolute Gasteiger partial charge is 0.371 e. The van der Waals surface area contributed by atoms with Gasteiger partial charge in [0.05, 0.1) is 11.7 Å². The lowest BCUT2D eigenvalue weighted by Gasteiger charge is -2.28. The van der Waals surface area contributed by atoms with Crippen LogP contribution in [0.15, 0.2) is 23.8 Å². The van der Waals surface area contributed by atoms with E-state index in [1.807, 2.05) is 18.2 Å². The molecule has 0 aromatic rings. The third-order valence-corrected chi connectivity index (χ3v) is 2.60. The summed E-state index contributed by atoms with van der Waals surface area (Å²) in [5.41, 5.74) is 0.523. The van der Waals surface area contributed by atoms with Crippen LogP contribution >= 0.6 is 0 Å². The van der Waals surface area contributed by atoms with Gasteiger partial charge in [-0.25, -0.2) is 0 Å². The fraction of sp³-hybridized carbons (Fsp3) is 0.615. The lowest BCUT2D eigenvalue weighted by molar-refractivity contribution is 0.00159. The number of nitriles is 1. The van der Waals surface area contributed by atoms with Gasteiger partial charge in [0.25, 0.3) is 0 Å². The quantitative estimate of drug-likeness (QED) is 0.706. The molecule has 1 aliphatic rings. The fourth-order valence-electron chi connectivity index (χ4n) is 1.43. The van der Waals surface area contributed by atoms with Crippen LogP contribution in [0.4, 0.5) is 0 Å². The summed E-state index contributed by atoms with van der Waals surface area (Å²) >= 11 is 0. The van der Waals surface area contributed by atoms with E-state index in [4.69, 9.17) is 10.00 Å². The molecule has 0 N–H and O–H groups in total. The minimum absolute atomic E-state index is 0.213. The Balaban J connectivity index is 2.41. The summed E-state index contributed by atoms with van der Waals surface area (Å²) in [4.78, 5) is 0. The van der Waals surface area contributed by atoms with Gasteiger partial charge in [0.1, 0.15) is 0 Å². The summed E-state index contributed by atoms with van der Waals surface area (Å²) in [5, 5.41) is 8.70. The molecule has 0 heterocycles. The highest BCUT2D eigenvalue weighted by Gasteiger charge is 2.22. The topological polar surface area (TPSA) is 33.0 Å². The molecule has 0 amide bonds. The van der Waals surface area contributed by atoms with Crippen molar-refractivity contribution in [3.05, 3.63) is 23.8 Å². The molecule has 15 heavy (non-hydrogen) atoms. The van der Waals surface area contributed by atoms with Crippen LogP contribution in [-0.4, -0.2) is 12.2 Å². The molecule has 1 unspecified atom stereocenters. The van der Waals surface area contributed by atoms with Crippen LogP contribution in [0.1, 0.15) is 33.6 Å². The second kappa shape index (κ2) is 5.14. The standard InChI is InChI=1S/C13H19NO/c1-11(2)6-9-15-13(3)7-4-12(10-14)5-8-13/h4-5,7,11H,6,8-9H2,1-3H3. The Hall–Kier alpha value is -1.07. The Labute approximate surface area is 92.2 Å². The minimum atomic E-state index is -0.213. The summed E-state index contributed by atoms with van der Waals surface area (Å²) in [7, 11) is 0. The van der Waals surface area contributed by atoms with Gasteiger partial charge in [0.15, 0.2) is 0 Å². The lowest BCUT2D eigenvalue weighted by Crippen LogP contribution is -2.27. The number of rotatable bonds is 4. The van der Waals surface area contributed by atoms with E-state index in [1.165, 1.54) is 0 Å². The zero-order valence-corrected chi connectivity index (χ0v) is 9.79. The second-order valence-electron chi connectivity index (χ2n) is 4.65. The van der Waals surface area contributed by atoms with E-state index in [2.05, 4.69) is 26.8 Å². The molecule has 0 saturated heterocycles. The molecule has 1 atom stereocenters. The first kappa shape index (κ1) is 12.0. The van der Waals surface area contributed by atoms with Gasteiger partial charge >= 0.3 is 0 Å². The number of allylic oxidation sites excluding steroid dienone is 2. The fourth-order valence-corrected chi connectivity index (χ4v) is 1.43. The SMILES string of the molecule is CC(C)CCOC1(C)C=CC(C#N)=CC1. The molecular formula is C13H19NO. The predicted octanol–water partition coefficient (Wildman–Crippen LogP) is 3.22. The average Bonchev–Trinajstić information content (AvgIpc) is 2.18. The molecule has 0 aromatic heterocycles. The maximum atomic E-state index is 8.70. The van der Waals surface area contributed by atoms with Crippen molar-refractivity contribution in [3.63, 3.8) is 0 Å². The van der Waals surface area contributed by atoms with E-state index in [0.717, 1.165) is 25.0 Å². The predicted molar refractivity (Wildman–Crippen MR) is 61.3 cm³/mol. The van der Waals surface area contributed by atoms with Crippen molar-refractivity contribution in [1.82, 2.24) is 0 Å². The van der Waals surface area contributed by atoms with Crippen LogP contribution in [0.25, 0.3) is 0 Å². The Kier molecular flexibility index (Phi) is 4.11. The van der Waals surface area contributed by atoms with Crippen molar-refractivity contribution in [3.8, 4) is 6.07 Å². The van der Waals surface area contributed by atoms with E-state index in [0.29, 0.717) is 5.92 Å². The molecule has 1 aliphatic carbocycles. The third kappa shape index (κ3) is 3.89. The Bertz CT molecular complexity index is 309. The van der Waals surface area contributed by atoms with E-state index in [-0.39, 0.29) is 5.60 Å². The van der Waals surface area contributed by atoms with Gasteiger partial charge in [-0.3, -0.25) is 0 Å². The van der Waals surface area contributed by atoms with Gasteiger partial charge < -0.3 is 4.74 Å². The molecule has 0 fully saturated rings. The highest BCUT2D eigenvalue weighted by atomic mass is 16.5. The van der Waals surface area contributed by atoms with Gasteiger partial charge in [-0.1, -0.05) is 26.0 Å². The van der Waals surface area contributed by atoms with Crippen LogP contribution in [-0.2, 0) is 4.74 Å². The van der Waals surface area contributed by atoms with Crippen molar-refractivity contribution >= 4 is 0 Å². The van der Waals surface area contributed by atoms with Crippen LogP contribution in [0.5, 0.6) is 0 Å². The van der Waals surface area contributed by atoms with Gasteiger partial charge in [-0.05, 0) is 31.8 Å². The normalized spacial score (nSPS) is 25.1. The maximum Gasteiger partial charge on any atom is 0.0988 e. The molecular weight excluding hydrogens is 186 g/mol. The molecule has 0 spiro atoms. The summed E-state index contributed by atoms with van der Waals surface area (Å²) in [6.07, 6.45) is 7.66. The second-order valence-corrected chi connectivity index (χ2v) is 4.65. The molecule has 2 heteroatoms. The van der Waals surface area contributed by atoms with Crippen LogP contribution in [0, 0.1) is 17.2 Å². The molecule has 82 valence electrons. The Morgan fingerprint density at radius 1 is 1.60 bits per heavy atom. The molecule has 0 bridgehead atoms. The van der Waals surface area contributed by atoms with Crippen molar-refractivity contribution in [1.29, 1.82) is 5.26 Å². The highest BCUT2D eigenvalue weighted by Crippen LogP contribution is 2.24. The first-order valence-corrected chi connectivity index (χ1v) is 5.49. The van der Waals surface area contributed by atoms with E-state index in [9.17, 15) is 0 Å². The van der Waals surface area contributed by atoms with Crippen molar-refractivity contribution < 1.29 is 4.74 Å². The molecule has 0 aromatic carbocycles. The van der Waals surface area contributed by atoms with Gasteiger partial charge in [0, 0.05) is 12.2 Å². The van der Waals surface area contributed by atoms with E-state index in [1.54, 1.807) is 0 Å². The molecule has 0 aliphatic heterocycles. The van der Waals surface area contributed by atoms with Crippen LogP contribution in [0.3, 0.4) is 0 Å². The summed E-state index contributed by atoms with van der Waals surface area (Å²) in [6.45, 7) is 7.23. The van der Waals surface area contributed by atoms with Gasteiger partial charge in [-0.2, -0.15) is 5.26 Å². The number of hydrogen-bond acceptors (Lipinski definition) is 2. The number of nitrogens with zero attached hydrogens (tertiary/aromatic N) is 1. The summed E-state index contributed by atoms with van der Waals surface area (Å²) in [6, 6.07) is 2.13. The molecule has 2 nitrogen and oxygen atoms in total. The van der Waals surface area contributed by atoms with Gasteiger partial charge in [-0.15, -0.1) is 0 Å². The van der Waals surface area contributed by atoms with Crippen molar-refractivity contribution in [2.45, 2.75) is 39.2 Å². The molecule has 1 rings (SSSR count). The average molecular weight is 205 g/mol. The van der Waals surface area contributed by atoms with Crippen molar-refractivity contribution in [2.24, 2.45) is 5.92 Å². The molecule has 0 radical (unpaired) electrons.